The van der Waals surface area contributed by atoms with Gasteiger partial charge in [-0.15, -0.1) is 0 Å². The Morgan fingerprint density at radius 2 is 1.79 bits per heavy atom. The minimum absolute atomic E-state index is 0.127. The number of likely N-dealkylation sites (N-methyl/N-ethyl adjacent to an activating group) is 1. The van der Waals surface area contributed by atoms with E-state index in [0.29, 0.717) is 25.3 Å². The molecule has 0 spiro atoms. The largest absolute Gasteiger partial charge is 0.507 e. The van der Waals surface area contributed by atoms with Crippen molar-refractivity contribution in [2.45, 2.75) is 39.7 Å². The number of hydrogen-bond acceptors (Lipinski definition) is 5. The number of amides is 1. The molecule has 0 aromatic heterocycles. The zero-order chi connectivity index (χ0) is 24.1. The molecule has 1 aliphatic rings. The van der Waals surface area contributed by atoms with Crippen LogP contribution in [0.15, 0.2) is 48.0 Å². The Bertz CT molecular complexity index is 1040. The van der Waals surface area contributed by atoms with Crippen molar-refractivity contribution in [1.82, 2.24) is 9.80 Å². The molecule has 1 fully saturated rings. The highest BCUT2D eigenvalue weighted by Crippen LogP contribution is 2.39. The first kappa shape index (κ1) is 24.5. The molecular formula is C27H34N2O4. The Labute approximate surface area is 196 Å². The van der Waals surface area contributed by atoms with Gasteiger partial charge in [-0.1, -0.05) is 43.2 Å². The topological polar surface area (TPSA) is 70.1 Å². The second-order valence-electron chi connectivity index (χ2n) is 8.89. The third kappa shape index (κ3) is 5.45. The van der Waals surface area contributed by atoms with Gasteiger partial charge in [-0.3, -0.25) is 9.59 Å². The summed E-state index contributed by atoms with van der Waals surface area (Å²) in [6.45, 7) is 7.63. The van der Waals surface area contributed by atoms with Gasteiger partial charge in [0, 0.05) is 18.7 Å². The quantitative estimate of drug-likeness (QED) is 0.264. The van der Waals surface area contributed by atoms with E-state index in [4.69, 9.17) is 4.74 Å². The molecule has 1 unspecified atom stereocenters. The van der Waals surface area contributed by atoms with Crippen molar-refractivity contribution < 1.29 is 19.4 Å². The summed E-state index contributed by atoms with van der Waals surface area (Å²) >= 11 is 0. The Balaban J connectivity index is 2.04. The van der Waals surface area contributed by atoms with Crippen LogP contribution in [-0.4, -0.2) is 60.4 Å². The van der Waals surface area contributed by atoms with Crippen molar-refractivity contribution in [3.63, 3.8) is 0 Å². The van der Waals surface area contributed by atoms with Crippen molar-refractivity contribution in [2.24, 2.45) is 0 Å². The zero-order valence-electron chi connectivity index (χ0n) is 20.2. The van der Waals surface area contributed by atoms with Crippen LogP contribution in [0.2, 0.25) is 0 Å². The van der Waals surface area contributed by atoms with Crippen LogP contribution in [0.4, 0.5) is 0 Å². The highest BCUT2D eigenvalue weighted by molar-refractivity contribution is 6.46. The molecule has 1 saturated heterocycles. The van der Waals surface area contributed by atoms with Crippen LogP contribution in [0, 0.1) is 13.8 Å². The van der Waals surface area contributed by atoms with Crippen molar-refractivity contribution in [3.05, 3.63) is 70.3 Å². The SMILES string of the molecule is CCCCOc1ccc(/C(O)=C2/C(=O)C(=O)N(CCN(C)C)C2c2ccc(C)cc2)cc1C. The number of aliphatic hydroxyl groups excluding tert-OH is 1. The molecule has 0 radical (unpaired) electrons. The van der Waals surface area contributed by atoms with Crippen LogP contribution >= 0.6 is 0 Å². The number of ether oxygens (including phenoxy) is 1. The Hall–Kier alpha value is -3.12. The van der Waals surface area contributed by atoms with Gasteiger partial charge < -0.3 is 19.6 Å². The van der Waals surface area contributed by atoms with Crippen LogP contribution in [-0.2, 0) is 9.59 Å². The molecule has 0 saturated carbocycles. The van der Waals surface area contributed by atoms with E-state index in [1.807, 2.05) is 63.2 Å². The smallest absolute Gasteiger partial charge is 0.295 e. The number of nitrogens with zero attached hydrogens (tertiary/aromatic N) is 2. The predicted octanol–water partition coefficient (Wildman–Crippen LogP) is 4.47. The van der Waals surface area contributed by atoms with E-state index >= 15 is 0 Å². The number of benzene rings is 2. The molecule has 0 bridgehead atoms. The first-order chi connectivity index (χ1) is 15.7. The maximum absolute atomic E-state index is 13.1. The Kier molecular flexibility index (Phi) is 7.92. The molecular weight excluding hydrogens is 416 g/mol. The van der Waals surface area contributed by atoms with Gasteiger partial charge in [-0.2, -0.15) is 0 Å². The van der Waals surface area contributed by atoms with Gasteiger partial charge >= 0.3 is 0 Å². The van der Waals surface area contributed by atoms with Gasteiger partial charge in [0.05, 0.1) is 18.2 Å². The molecule has 1 aliphatic heterocycles. The number of carbonyl (C=O) groups is 2. The summed E-state index contributed by atoms with van der Waals surface area (Å²) in [7, 11) is 3.84. The number of rotatable bonds is 9. The van der Waals surface area contributed by atoms with E-state index in [-0.39, 0.29) is 11.3 Å². The van der Waals surface area contributed by atoms with Crippen molar-refractivity contribution in [1.29, 1.82) is 0 Å². The molecule has 1 N–H and O–H groups in total. The second kappa shape index (κ2) is 10.7. The van der Waals surface area contributed by atoms with Crippen LogP contribution < -0.4 is 4.74 Å². The molecule has 1 atom stereocenters. The first-order valence-electron chi connectivity index (χ1n) is 11.5. The zero-order valence-corrected chi connectivity index (χ0v) is 20.2. The number of aliphatic hydroxyl groups is 1. The number of aryl methyl sites for hydroxylation is 2. The lowest BCUT2D eigenvalue weighted by molar-refractivity contribution is -0.140. The number of unbranched alkanes of at least 4 members (excludes halogenated alkanes) is 1. The van der Waals surface area contributed by atoms with Crippen LogP contribution in [0.1, 0.15) is 48.1 Å². The van der Waals surface area contributed by atoms with Crippen molar-refractivity contribution in [3.8, 4) is 5.75 Å². The van der Waals surface area contributed by atoms with Gasteiger partial charge in [-0.05, 0) is 63.7 Å². The second-order valence-corrected chi connectivity index (χ2v) is 8.89. The number of likely N-dealkylation sites (tertiary alicyclic amines) is 1. The lowest BCUT2D eigenvalue weighted by Gasteiger charge is -2.26. The summed E-state index contributed by atoms with van der Waals surface area (Å²) in [5.74, 6) is -0.644. The maximum Gasteiger partial charge on any atom is 0.295 e. The molecule has 33 heavy (non-hydrogen) atoms. The van der Waals surface area contributed by atoms with Crippen molar-refractivity contribution >= 4 is 17.4 Å². The van der Waals surface area contributed by atoms with E-state index in [1.165, 1.54) is 0 Å². The third-order valence-electron chi connectivity index (χ3n) is 5.92. The molecule has 2 aromatic rings. The van der Waals surface area contributed by atoms with Crippen LogP contribution in [0.3, 0.4) is 0 Å². The molecule has 1 heterocycles. The summed E-state index contributed by atoms with van der Waals surface area (Å²) in [6.07, 6.45) is 2.01. The lowest BCUT2D eigenvalue weighted by Crippen LogP contribution is -2.35. The third-order valence-corrected chi connectivity index (χ3v) is 5.92. The van der Waals surface area contributed by atoms with Gasteiger partial charge in [0.15, 0.2) is 0 Å². The number of Topliss-reactive ketones (excluding diaryl/α,β-unsaturated/α-hetero) is 1. The highest BCUT2D eigenvalue weighted by Gasteiger charge is 2.45. The van der Waals surface area contributed by atoms with Crippen molar-refractivity contribution in [2.75, 3.05) is 33.8 Å². The molecule has 0 aliphatic carbocycles. The van der Waals surface area contributed by atoms with Gasteiger partial charge in [-0.25, -0.2) is 0 Å². The molecule has 1 amide bonds. The average molecular weight is 451 g/mol. The van der Waals surface area contributed by atoms with Crippen LogP contribution in [0.5, 0.6) is 5.75 Å². The summed E-state index contributed by atoms with van der Waals surface area (Å²) < 4.78 is 5.82. The van der Waals surface area contributed by atoms with E-state index in [1.54, 1.807) is 17.0 Å². The van der Waals surface area contributed by atoms with Gasteiger partial charge in [0.25, 0.3) is 11.7 Å². The first-order valence-corrected chi connectivity index (χ1v) is 11.5. The fourth-order valence-corrected chi connectivity index (χ4v) is 3.95. The Morgan fingerprint density at radius 3 is 2.39 bits per heavy atom. The van der Waals surface area contributed by atoms with E-state index in [9.17, 15) is 14.7 Å². The molecule has 176 valence electrons. The number of hydrogen-bond donors (Lipinski definition) is 1. The predicted molar refractivity (Wildman–Crippen MR) is 130 cm³/mol. The molecule has 2 aromatic carbocycles. The summed E-state index contributed by atoms with van der Waals surface area (Å²) in [6, 6.07) is 12.4. The fourth-order valence-electron chi connectivity index (χ4n) is 3.95. The minimum atomic E-state index is -0.655. The van der Waals surface area contributed by atoms with Gasteiger partial charge in [0.1, 0.15) is 11.5 Å². The summed E-state index contributed by atoms with van der Waals surface area (Å²) in [5.41, 5.74) is 3.37. The number of carbonyl (C=O) groups excluding carboxylic acids is 2. The minimum Gasteiger partial charge on any atom is -0.507 e. The Morgan fingerprint density at radius 1 is 1.09 bits per heavy atom. The van der Waals surface area contributed by atoms with E-state index in [0.717, 1.165) is 35.3 Å². The monoisotopic (exact) mass is 450 g/mol. The molecule has 3 rings (SSSR count). The summed E-state index contributed by atoms with van der Waals surface area (Å²) in [4.78, 5) is 29.6. The fraction of sp³-hybridized carbons (Fsp3) is 0.407. The van der Waals surface area contributed by atoms with E-state index < -0.39 is 17.7 Å². The van der Waals surface area contributed by atoms with Crippen LogP contribution in [0.25, 0.3) is 5.76 Å². The van der Waals surface area contributed by atoms with E-state index in [2.05, 4.69) is 6.92 Å². The lowest BCUT2D eigenvalue weighted by atomic mass is 9.94. The average Bonchev–Trinajstić information content (AvgIpc) is 3.03. The molecule has 6 nitrogen and oxygen atoms in total. The maximum atomic E-state index is 13.1. The standard InChI is InChI=1S/C27H34N2O4/c1-6-7-16-33-22-13-12-21(17-19(22)3)25(30)23-24(20-10-8-18(2)9-11-20)29(15-14-28(4)5)27(32)26(23)31/h8-13,17,24,30H,6-7,14-16H2,1-5H3/b25-23-. The summed E-state index contributed by atoms with van der Waals surface area (Å²) in [5, 5.41) is 11.2. The number of ketones is 1. The highest BCUT2D eigenvalue weighted by atomic mass is 16.5. The van der Waals surface area contributed by atoms with Gasteiger partial charge in [0.2, 0.25) is 0 Å². The molecule has 6 heteroatoms. The normalized spacial score (nSPS) is 17.8.